The number of anilines is 2. The summed E-state index contributed by atoms with van der Waals surface area (Å²) in [5.74, 6) is 0.595. The zero-order valence-electron chi connectivity index (χ0n) is 9.23. The van der Waals surface area contributed by atoms with Crippen LogP contribution in [0.3, 0.4) is 0 Å². The molecule has 0 aliphatic carbocycles. The first-order chi connectivity index (χ1) is 8.08. The van der Waals surface area contributed by atoms with Crippen LogP contribution in [0.1, 0.15) is 5.56 Å². The molecule has 2 aromatic rings. The summed E-state index contributed by atoms with van der Waals surface area (Å²) < 4.78 is 5.47. The van der Waals surface area contributed by atoms with Crippen LogP contribution in [0.2, 0.25) is 0 Å². The summed E-state index contributed by atoms with van der Waals surface area (Å²) in [6, 6.07) is 5.22. The molecule has 0 atom stereocenters. The maximum absolute atomic E-state index is 11.3. The Labute approximate surface area is 97.2 Å². The second-order valence-corrected chi connectivity index (χ2v) is 3.58. The van der Waals surface area contributed by atoms with Gasteiger partial charge in [-0.2, -0.15) is 0 Å². The van der Waals surface area contributed by atoms with Gasteiger partial charge in [-0.15, -0.1) is 0 Å². The average molecular weight is 232 g/mol. The van der Waals surface area contributed by atoms with Gasteiger partial charge in [0.15, 0.2) is 5.69 Å². The minimum atomic E-state index is -0.434. The number of hydrogen-bond acceptors (Lipinski definition) is 5. The van der Waals surface area contributed by atoms with Crippen molar-refractivity contribution < 1.29 is 4.74 Å². The van der Waals surface area contributed by atoms with Crippen LogP contribution < -0.4 is 21.8 Å². The van der Waals surface area contributed by atoms with Crippen LogP contribution in [-0.2, 0) is 0 Å². The average Bonchev–Trinajstić information content (AvgIpc) is 2.30. The van der Waals surface area contributed by atoms with Gasteiger partial charge in [-0.25, -0.2) is 4.98 Å². The van der Waals surface area contributed by atoms with Crippen molar-refractivity contribution in [1.29, 1.82) is 0 Å². The van der Waals surface area contributed by atoms with E-state index < -0.39 is 5.56 Å². The van der Waals surface area contributed by atoms with Gasteiger partial charge >= 0.3 is 0 Å². The van der Waals surface area contributed by atoms with Gasteiger partial charge in [0.2, 0.25) is 5.88 Å². The maximum Gasteiger partial charge on any atom is 0.277 e. The minimum absolute atomic E-state index is 0.0608. The Morgan fingerprint density at radius 1 is 1.35 bits per heavy atom. The highest BCUT2D eigenvalue weighted by molar-refractivity contribution is 5.52. The second kappa shape index (κ2) is 4.17. The van der Waals surface area contributed by atoms with Crippen molar-refractivity contribution >= 4 is 11.4 Å². The van der Waals surface area contributed by atoms with E-state index in [9.17, 15) is 4.79 Å². The maximum atomic E-state index is 11.3. The SMILES string of the molecule is Cc1ccc(N)cc1Oc1nc[nH]c(=O)c1N. The van der Waals surface area contributed by atoms with E-state index in [0.717, 1.165) is 5.56 Å². The third-order valence-electron chi connectivity index (χ3n) is 2.27. The van der Waals surface area contributed by atoms with Crippen LogP contribution in [0.15, 0.2) is 29.3 Å². The molecule has 0 unspecified atom stereocenters. The number of hydrogen-bond donors (Lipinski definition) is 3. The van der Waals surface area contributed by atoms with Gasteiger partial charge < -0.3 is 21.2 Å². The third kappa shape index (κ3) is 2.20. The number of aryl methyl sites for hydroxylation is 1. The van der Waals surface area contributed by atoms with Gasteiger partial charge in [0, 0.05) is 11.8 Å². The molecule has 0 saturated heterocycles. The number of ether oxygens (including phenoxy) is 1. The zero-order chi connectivity index (χ0) is 12.4. The Kier molecular flexibility index (Phi) is 2.70. The number of nitrogen functional groups attached to an aromatic ring is 2. The van der Waals surface area contributed by atoms with Crippen molar-refractivity contribution in [2.24, 2.45) is 0 Å². The molecule has 0 aliphatic heterocycles. The minimum Gasteiger partial charge on any atom is -0.437 e. The molecule has 0 fully saturated rings. The lowest BCUT2D eigenvalue weighted by molar-refractivity contribution is 0.460. The first kappa shape index (κ1) is 11.0. The molecule has 0 bridgehead atoms. The van der Waals surface area contributed by atoms with E-state index in [1.54, 1.807) is 12.1 Å². The fourth-order valence-corrected chi connectivity index (χ4v) is 1.31. The van der Waals surface area contributed by atoms with E-state index in [1.165, 1.54) is 6.33 Å². The van der Waals surface area contributed by atoms with Gasteiger partial charge in [0.25, 0.3) is 5.56 Å². The number of nitrogens with one attached hydrogen (secondary N) is 1. The fraction of sp³-hybridized carbons (Fsp3) is 0.0909. The topological polar surface area (TPSA) is 107 Å². The standard InChI is InChI=1S/C11H12N4O2/c1-6-2-3-7(12)4-8(6)17-11-9(13)10(16)14-5-15-11/h2-5H,12-13H2,1H3,(H,14,15,16). The number of rotatable bonds is 2. The molecule has 0 radical (unpaired) electrons. The van der Waals surface area contributed by atoms with Crippen LogP contribution in [0.5, 0.6) is 11.6 Å². The smallest absolute Gasteiger partial charge is 0.277 e. The number of benzene rings is 1. The van der Waals surface area contributed by atoms with E-state index in [2.05, 4.69) is 9.97 Å². The molecule has 5 N–H and O–H groups in total. The lowest BCUT2D eigenvalue weighted by Gasteiger charge is -2.09. The summed E-state index contributed by atoms with van der Waals surface area (Å²) in [7, 11) is 0. The summed E-state index contributed by atoms with van der Waals surface area (Å²) in [4.78, 5) is 17.5. The second-order valence-electron chi connectivity index (χ2n) is 3.58. The molecule has 0 amide bonds. The van der Waals surface area contributed by atoms with Crippen LogP contribution in [0.25, 0.3) is 0 Å². The summed E-state index contributed by atoms with van der Waals surface area (Å²) in [6.07, 6.45) is 1.23. The van der Waals surface area contributed by atoms with E-state index in [1.807, 2.05) is 13.0 Å². The molecule has 1 aromatic heterocycles. The Morgan fingerprint density at radius 2 is 2.12 bits per heavy atom. The Hall–Kier alpha value is -2.50. The molecule has 88 valence electrons. The molecule has 0 spiro atoms. The normalized spacial score (nSPS) is 10.2. The van der Waals surface area contributed by atoms with E-state index in [-0.39, 0.29) is 11.6 Å². The van der Waals surface area contributed by atoms with Gasteiger partial charge in [-0.3, -0.25) is 4.79 Å². The highest BCUT2D eigenvalue weighted by Crippen LogP contribution is 2.27. The van der Waals surface area contributed by atoms with Crippen molar-refractivity contribution in [2.45, 2.75) is 6.92 Å². The first-order valence-corrected chi connectivity index (χ1v) is 4.95. The molecule has 0 saturated carbocycles. The van der Waals surface area contributed by atoms with E-state index in [0.29, 0.717) is 11.4 Å². The quantitative estimate of drug-likeness (QED) is 0.670. The summed E-state index contributed by atoms with van der Waals surface area (Å²) >= 11 is 0. The fourth-order valence-electron chi connectivity index (χ4n) is 1.31. The van der Waals surface area contributed by atoms with E-state index >= 15 is 0 Å². The monoisotopic (exact) mass is 232 g/mol. The predicted molar refractivity (Wildman–Crippen MR) is 64.9 cm³/mol. The Morgan fingerprint density at radius 3 is 2.88 bits per heavy atom. The number of H-pyrrole nitrogens is 1. The van der Waals surface area contributed by atoms with E-state index in [4.69, 9.17) is 16.2 Å². The lowest BCUT2D eigenvalue weighted by atomic mass is 10.2. The molecule has 1 heterocycles. The van der Waals surface area contributed by atoms with Crippen molar-refractivity contribution in [3.63, 3.8) is 0 Å². The van der Waals surface area contributed by atoms with Crippen molar-refractivity contribution in [1.82, 2.24) is 9.97 Å². The van der Waals surface area contributed by atoms with Gasteiger partial charge in [0.05, 0.1) is 6.33 Å². The lowest BCUT2D eigenvalue weighted by Crippen LogP contribution is -2.13. The van der Waals surface area contributed by atoms with Crippen LogP contribution >= 0.6 is 0 Å². The number of nitrogens with zero attached hydrogens (tertiary/aromatic N) is 1. The molecule has 6 nitrogen and oxygen atoms in total. The highest BCUT2D eigenvalue weighted by atomic mass is 16.5. The molecule has 1 aromatic carbocycles. The molecule has 0 aliphatic rings. The Balaban J connectivity index is 2.41. The predicted octanol–water partition coefficient (Wildman–Crippen LogP) is 1.04. The molecule has 2 rings (SSSR count). The molecule has 17 heavy (non-hydrogen) atoms. The number of aromatic amines is 1. The van der Waals surface area contributed by atoms with Gasteiger partial charge in [-0.05, 0) is 18.6 Å². The van der Waals surface area contributed by atoms with Crippen molar-refractivity contribution in [3.05, 3.63) is 40.4 Å². The largest absolute Gasteiger partial charge is 0.437 e. The van der Waals surface area contributed by atoms with Crippen molar-refractivity contribution in [3.8, 4) is 11.6 Å². The van der Waals surface area contributed by atoms with Crippen molar-refractivity contribution in [2.75, 3.05) is 11.5 Å². The summed E-state index contributed by atoms with van der Waals surface area (Å²) in [6.45, 7) is 1.86. The van der Waals surface area contributed by atoms with Crippen LogP contribution in [0, 0.1) is 6.92 Å². The molecular formula is C11H12N4O2. The zero-order valence-corrected chi connectivity index (χ0v) is 9.23. The molecular weight excluding hydrogens is 220 g/mol. The van der Waals surface area contributed by atoms with Crippen LogP contribution in [0.4, 0.5) is 11.4 Å². The molecule has 6 heteroatoms. The van der Waals surface area contributed by atoms with Gasteiger partial charge in [-0.1, -0.05) is 6.07 Å². The summed E-state index contributed by atoms with van der Waals surface area (Å²) in [5.41, 5.74) is 12.2. The summed E-state index contributed by atoms with van der Waals surface area (Å²) in [5, 5.41) is 0. The van der Waals surface area contributed by atoms with Crippen LogP contribution in [-0.4, -0.2) is 9.97 Å². The number of nitrogens with two attached hydrogens (primary N) is 2. The first-order valence-electron chi connectivity index (χ1n) is 4.95. The van der Waals surface area contributed by atoms with Gasteiger partial charge in [0.1, 0.15) is 5.75 Å². The highest BCUT2D eigenvalue weighted by Gasteiger charge is 2.08. The number of aromatic nitrogens is 2. The third-order valence-corrected chi connectivity index (χ3v) is 2.27. The Bertz CT molecular complexity index is 607.